The fourth-order valence-electron chi connectivity index (χ4n) is 3.46. The van der Waals surface area contributed by atoms with Crippen molar-refractivity contribution in [3.05, 3.63) is 64.7 Å². The zero-order valence-electron chi connectivity index (χ0n) is 14.1. The number of carbonyl (C=O) groups excluding carboxylic acids is 2. The van der Waals surface area contributed by atoms with E-state index in [9.17, 15) is 9.59 Å². The number of anilines is 1. The molecule has 2 N–H and O–H groups in total. The second-order valence-electron chi connectivity index (χ2n) is 6.51. The lowest BCUT2D eigenvalue weighted by molar-refractivity contribution is -0.114. The molecule has 0 aliphatic heterocycles. The summed E-state index contributed by atoms with van der Waals surface area (Å²) in [5, 5.41) is 6.62. The normalized spacial score (nSPS) is 15.6. The van der Waals surface area contributed by atoms with Crippen LogP contribution in [-0.4, -0.2) is 11.8 Å². The molecule has 0 radical (unpaired) electrons. The first-order valence-corrected chi connectivity index (χ1v) is 8.83. The predicted molar refractivity (Wildman–Crippen MR) is 99.8 cm³/mol. The van der Waals surface area contributed by atoms with E-state index in [0.29, 0.717) is 16.3 Å². The molecule has 3 rings (SSSR count). The lowest BCUT2D eigenvalue weighted by Crippen LogP contribution is -2.43. The van der Waals surface area contributed by atoms with Gasteiger partial charge in [-0.15, -0.1) is 0 Å². The zero-order chi connectivity index (χ0) is 17.9. The molecule has 0 atom stereocenters. The highest BCUT2D eigenvalue weighted by Crippen LogP contribution is 2.39. The Balaban J connectivity index is 1.84. The smallest absolute Gasteiger partial charge is 0.252 e. The Bertz CT molecular complexity index is 781. The Morgan fingerprint density at radius 3 is 2.36 bits per heavy atom. The summed E-state index contributed by atoms with van der Waals surface area (Å²) in [7, 11) is 0. The molecule has 2 aromatic rings. The molecule has 0 spiro atoms. The van der Waals surface area contributed by atoms with Gasteiger partial charge in [-0.05, 0) is 48.7 Å². The van der Waals surface area contributed by atoms with Crippen LogP contribution in [-0.2, 0) is 10.3 Å². The molecular weight excluding hydrogens is 336 g/mol. The van der Waals surface area contributed by atoms with Gasteiger partial charge in [-0.1, -0.05) is 42.6 Å². The van der Waals surface area contributed by atoms with Crippen molar-refractivity contribution in [1.29, 1.82) is 0 Å². The van der Waals surface area contributed by atoms with E-state index < -0.39 is 0 Å². The summed E-state index contributed by atoms with van der Waals surface area (Å²) in [6, 6.07) is 14.7. The average molecular weight is 357 g/mol. The Morgan fingerprint density at radius 1 is 1.04 bits per heavy atom. The van der Waals surface area contributed by atoms with Gasteiger partial charge in [0.15, 0.2) is 0 Å². The van der Waals surface area contributed by atoms with Crippen LogP contribution in [0.25, 0.3) is 0 Å². The van der Waals surface area contributed by atoms with Gasteiger partial charge in [-0.25, -0.2) is 0 Å². The maximum Gasteiger partial charge on any atom is 0.252 e. The van der Waals surface area contributed by atoms with Crippen LogP contribution in [0.1, 0.15) is 48.5 Å². The summed E-state index contributed by atoms with van der Waals surface area (Å²) in [5.74, 6) is -0.296. The minimum Gasteiger partial charge on any atom is -0.343 e. The zero-order valence-corrected chi connectivity index (χ0v) is 14.9. The monoisotopic (exact) mass is 356 g/mol. The van der Waals surface area contributed by atoms with E-state index in [1.54, 1.807) is 24.3 Å². The molecule has 1 aliphatic carbocycles. The van der Waals surface area contributed by atoms with E-state index in [1.165, 1.54) is 6.92 Å². The lowest BCUT2D eigenvalue weighted by atomic mass is 9.87. The quantitative estimate of drug-likeness (QED) is 0.847. The standard InChI is InChI=1S/C20H21ClN2O2/c1-14(24)22-18-6-4-5-15(13-18)19(25)23-20(11-2-3-12-20)16-7-9-17(21)10-8-16/h4-10,13H,2-3,11-12H2,1H3,(H,22,24)(H,23,25). The number of carbonyl (C=O) groups is 2. The average Bonchev–Trinajstić information content (AvgIpc) is 3.04. The Kier molecular flexibility index (Phi) is 5.09. The SMILES string of the molecule is CC(=O)Nc1cccc(C(=O)NC2(c3ccc(Cl)cc3)CCCC2)c1. The van der Waals surface area contributed by atoms with Crippen LogP contribution in [0.5, 0.6) is 0 Å². The highest BCUT2D eigenvalue weighted by molar-refractivity contribution is 6.30. The molecule has 0 saturated heterocycles. The van der Waals surface area contributed by atoms with Crippen LogP contribution in [0.2, 0.25) is 5.02 Å². The van der Waals surface area contributed by atoms with Gasteiger partial charge in [0.2, 0.25) is 5.91 Å². The van der Waals surface area contributed by atoms with Crippen LogP contribution in [0.15, 0.2) is 48.5 Å². The van der Waals surface area contributed by atoms with Gasteiger partial charge in [0, 0.05) is 23.2 Å². The van der Waals surface area contributed by atoms with Crippen molar-refractivity contribution in [2.24, 2.45) is 0 Å². The second-order valence-corrected chi connectivity index (χ2v) is 6.95. The van der Waals surface area contributed by atoms with Crippen molar-refractivity contribution in [1.82, 2.24) is 5.32 Å². The number of benzene rings is 2. The topological polar surface area (TPSA) is 58.2 Å². The van der Waals surface area contributed by atoms with Crippen molar-refractivity contribution >= 4 is 29.1 Å². The molecule has 0 bridgehead atoms. The third kappa shape index (κ3) is 4.02. The summed E-state index contributed by atoms with van der Waals surface area (Å²) >= 11 is 6.00. The van der Waals surface area contributed by atoms with E-state index in [4.69, 9.17) is 11.6 Å². The van der Waals surface area contributed by atoms with Gasteiger partial charge in [0.05, 0.1) is 5.54 Å². The molecule has 130 valence electrons. The molecule has 0 aromatic heterocycles. The van der Waals surface area contributed by atoms with Crippen molar-refractivity contribution in [2.45, 2.75) is 38.1 Å². The molecule has 2 amide bonds. The van der Waals surface area contributed by atoms with Gasteiger partial charge in [-0.3, -0.25) is 9.59 Å². The van der Waals surface area contributed by atoms with Crippen molar-refractivity contribution in [3.63, 3.8) is 0 Å². The summed E-state index contributed by atoms with van der Waals surface area (Å²) in [5.41, 5.74) is 1.88. The van der Waals surface area contributed by atoms with Gasteiger partial charge in [0.25, 0.3) is 5.91 Å². The number of rotatable bonds is 4. The highest BCUT2D eigenvalue weighted by atomic mass is 35.5. The number of hydrogen-bond acceptors (Lipinski definition) is 2. The Morgan fingerprint density at radius 2 is 1.72 bits per heavy atom. The fraction of sp³-hybridized carbons (Fsp3) is 0.300. The summed E-state index contributed by atoms with van der Waals surface area (Å²) in [6.45, 7) is 1.45. The first kappa shape index (κ1) is 17.5. The summed E-state index contributed by atoms with van der Waals surface area (Å²) < 4.78 is 0. The molecule has 1 aliphatic rings. The number of amides is 2. The van der Waals surface area contributed by atoms with Gasteiger partial charge in [-0.2, -0.15) is 0 Å². The van der Waals surface area contributed by atoms with Crippen molar-refractivity contribution < 1.29 is 9.59 Å². The molecular formula is C20H21ClN2O2. The molecule has 2 aromatic carbocycles. The van der Waals surface area contributed by atoms with Gasteiger partial charge >= 0.3 is 0 Å². The Labute approximate surface area is 152 Å². The van der Waals surface area contributed by atoms with Gasteiger partial charge < -0.3 is 10.6 Å². The summed E-state index contributed by atoms with van der Waals surface area (Å²) in [6.07, 6.45) is 3.97. The molecule has 0 heterocycles. The summed E-state index contributed by atoms with van der Waals surface area (Å²) in [4.78, 5) is 24.0. The molecule has 25 heavy (non-hydrogen) atoms. The molecule has 0 unspecified atom stereocenters. The molecule has 4 nitrogen and oxygen atoms in total. The van der Waals surface area contributed by atoms with Crippen LogP contribution in [0.3, 0.4) is 0 Å². The maximum absolute atomic E-state index is 12.8. The van der Waals surface area contributed by atoms with E-state index in [1.807, 2.05) is 24.3 Å². The maximum atomic E-state index is 12.8. The van der Waals surface area contributed by atoms with Crippen LogP contribution in [0, 0.1) is 0 Å². The van der Waals surface area contributed by atoms with E-state index >= 15 is 0 Å². The number of nitrogens with one attached hydrogen (secondary N) is 2. The van der Waals surface area contributed by atoms with E-state index in [-0.39, 0.29) is 17.4 Å². The highest BCUT2D eigenvalue weighted by Gasteiger charge is 2.37. The first-order chi connectivity index (χ1) is 12.0. The third-order valence-corrected chi connectivity index (χ3v) is 4.90. The fourth-order valence-corrected chi connectivity index (χ4v) is 3.59. The lowest BCUT2D eigenvalue weighted by Gasteiger charge is -2.31. The minimum absolute atomic E-state index is 0.135. The second kappa shape index (κ2) is 7.28. The number of halogens is 1. The van der Waals surface area contributed by atoms with E-state index in [2.05, 4.69) is 10.6 Å². The van der Waals surface area contributed by atoms with Crippen molar-refractivity contribution in [3.8, 4) is 0 Å². The Hall–Kier alpha value is -2.33. The predicted octanol–water partition coefficient (Wildman–Crippen LogP) is 4.50. The molecule has 1 saturated carbocycles. The van der Waals surface area contributed by atoms with Crippen LogP contribution < -0.4 is 10.6 Å². The first-order valence-electron chi connectivity index (χ1n) is 8.45. The molecule has 5 heteroatoms. The third-order valence-electron chi connectivity index (χ3n) is 4.65. The largest absolute Gasteiger partial charge is 0.343 e. The van der Waals surface area contributed by atoms with E-state index in [0.717, 1.165) is 31.2 Å². The van der Waals surface area contributed by atoms with Crippen LogP contribution >= 0.6 is 11.6 Å². The number of hydrogen-bond donors (Lipinski definition) is 2. The van der Waals surface area contributed by atoms with Crippen LogP contribution in [0.4, 0.5) is 5.69 Å². The van der Waals surface area contributed by atoms with Crippen molar-refractivity contribution in [2.75, 3.05) is 5.32 Å². The minimum atomic E-state index is -0.355. The van der Waals surface area contributed by atoms with Gasteiger partial charge in [0.1, 0.15) is 0 Å². The molecule has 1 fully saturated rings.